The highest BCUT2D eigenvalue weighted by Crippen LogP contribution is 2.23. The van der Waals surface area contributed by atoms with Crippen LogP contribution in [0.1, 0.15) is 35.2 Å². The number of carbonyl (C=O) groups is 1. The second-order valence-electron chi connectivity index (χ2n) is 6.97. The van der Waals surface area contributed by atoms with Gasteiger partial charge in [0.2, 0.25) is 0 Å². The highest BCUT2D eigenvalue weighted by molar-refractivity contribution is 5.97. The van der Waals surface area contributed by atoms with E-state index in [1.807, 2.05) is 41.3 Å². The molecule has 29 heavy (non-hydrogen) atoms. The monoisotopic (exact) mass is 393 g/mol. The number of carbonyl (C=O) groups excluding carboxylic acids is 1. The van der Waals surface area contributed by atoms with E-state index in [2.05, 4.69) is 5.92 Å². The van der Waals surface area contributed by atoms with Crippen LogP contribution in [0.2, 0.25) is 0 Å². The third-order valence-electron chi connectivity index (χ3n) is 4.88. The van der Waals surface area contributed by atoms with E-state index in [4.69, 9.17) is 20.6 Å². The average Bonchev–Trinajstić information content (AvgIpc) is 3.27. The van der Waals surface area contributed by atoms with Crippen LogP contribution >= 0.6 is 0 Å². The van der Waals surface area contributed by atoms with Gasteiger partial charge in [-0.15, -0.1) is 12.3 Å². The largest absolute Gasteiger partial charge is 0.496 e. The lowest BCUT2D eigenvalue weighted by Crippen LogP contribution is -2.37. The van der Waals surface area contributed by atoms with Gasteiger partial charge in [-0.1, -0.05) is 24.3 Å². The predicted octanol–water partition coefficient (Wildman–Crippen LogP) is 3.92. The minimum Gasteiger partial charge on any atom is -0.496 e. The van der Waals surface area contributed by atoms with Gasteiger partial charge < -0.3 is 19.1 Å². The van der Waals surface area contributed by atoms with E-state index in [-0.39, 0.29) is 12.0 Å². The number of hydrogen-bond acceptors (Lipinski definition) is 4. The zero-order valence-corrected chi connectivity index (χ0v) is 16.8. The molecule has 1 heterocycles. The molecular weight excluding hydrogens is 366 g/mol. The van der Waals surface area contributed by atoms with E-state index < -0.39 is 0 Å². The zero-order chi connectivity index (χ0) is 20.5. The normalized spacial score (nSPS) is 15.5. The lowest BCUT2D eigenvalue weighted by Gasteiger charge is -2.26. The number of methoxy groups -OCH3 is 1. The molecule has 152 valence electrons. The first-order chi connectivity index (χ1) is 14.2. The number of rotatable bonds is 9. The van der Waals surface area contributed by atoms with Crippen LogP contribution in [0, 0.1) is 12.3 Å². The maximum absolute atomic E-state index is 13.3. The van der Waals surface area contributed by atoms with Crippen molar-refractivity contribution in [3.05, 3.63) is 59.7 Å². The minimum absolute atomic E-state index is 0.0627. The molecule has 0 aromatic heterocycles. The van der Waals surface area contributed by atoms with Crippen LogP contribution in [-0.4, -0.2) is 43.8 Å². The van der Waals surface area contributed by atoms with E-state index in [1.165, 1.54) is 0 Å². The van der Waals surface area contributed by atoms with E-state index >= 15 is 0 Å². The number of terminal acetylenes is 1. The van der Waals surface area contributed by atoms with Crippen molar-refractivity contribution in [3.63, 3.8) is 0 Å². The molecule has 0 spiro atoms. The summed E-state index contributed by atoms with van der Waals surface area (Å²) in [5.41, 5.74) is 1.58. The van der Waals surface area contributed by atoms with Gasteiger partial charge in [0.25, 0.3) is 5.91 Å². The van der Waals surface area contributed by atoms with Crippen molar-refractivity contribution in [3.8, 4) is 23.8 Å². The Labute approximate surface area is 172 Å². The van der Waals surface area contributed by atoms with Crippen molar-refractivity contribution in [2.45, 2.75) is 31.9 Å². The number of para-hydroxylation sites is 1. The summed E-state index contributed by atoms with van der Waals surface area (Å²) < 4.78 is 16.8. The number of nitrogens with zero attached hydrogens (tertiary/aromatic N) is 1. The summed E-state index contributed by atoms with van der Waals surface area (Å²) in [6, 6.07) is 15.1. The van der Waals surface area contributed by atoms with Crippen LogP contribution < -0.4 is 9.47 Å². The van der Waals surface area contributed by atoms with E-state index in [9.17, 15) is 4.79 Å². The number of amides is 1. The van der Waals surface area contributed by atoms with E-state index in [0.29, 0.717) is 37.4 Å². The lowest BCUT2D eigenvalue weighted by atomic mass is 10.1. The van der Waals surface area contributed by atoms with Gasteiger partial charge in [-0.2, -0.15) is 0 Å². The fourth-order valence-electron chi connectivity index (χ4n) is 3.38. The first-order valence-electron chi connectivity index (χ1n) is 9.90. The van der Waals surface area contributed by atoms with Crippen molar-refractivity contribution in [1.82, 2.24) is 4.90 Å². The predicted molar refractivity (Wildman–Crippen MR) is 112 cm³/mol. The summed E-state index contributed by atoms with van der Waals surface area (Å²) in [5, 5.41) is 0. The molecule has 3 rings (SSSR count). The molecule has 2 aromatic carbocycles. The summed E-state index contributed by atoms with van der Waals surface area (Å²) in [6.07, 6.45) is 7.89. The number of ether oxygens (including phenoxy) is 3. The van der Waals surface area contributed by atoms with Gasteiger partial charge >= 0.3 is 0 Å². The van der Waals surface area contributed by atoms with Crippen LogP contribution in [0.4, 0.5) is 0 Å². The Morgan fingerprint density at radius 2 is 2.03 bits per heavy atom. The Morgan fingerprint density at radius 1 is 1.24 bits per heavy atom. The quantitative estimate of drug-likeness (QED) is 0.479. The molecule has 2 aromatic rings. The SMILES string of the molecule is C#CCCOc1ccc(CN(C[C@@H]2CCCO2)C(=O)c2ccccc2OC)cc1. The molecule has 1 saturated heterocycles. The van der Waals surface area contributed by atoms with Gasteiger partial charge in [-0.3, -0.25) is 4.79 Å². The topological polar surface area (TPSA) is 48.0 Å². The Balaban J connectivity index is 1.74. The molecular formula is C24H27NO4. The van der Waals surface area contributed by atoms with Gasteiger partial charge in [0.1, 0.15) is 11.5 Å². The second kappa shape index (κ2) is 10.5. The Bertz CT molecular complexity index is 835. The third kappa shape index (κ3) is 5.75. The smallest absolute Gasteiger partial charge is 0.258 e. The lowest BCUT2D eigenvalue weighted by molar-refractivity contribution is 0.0505. The number of hydrogen-bond donors (Lipinski definition) is 0. The van der Waals surface area contributed by atoms with Crippen LogP contribution in [0.25, 0.3) is 0 Å². The fourth-order valence-corrected chi connectivity index (χ4v) is 3.38. The maximum Gasteiger partial charge on any atom is 0.258 e. The summed E-state index contributed by atoms with van der Waals surface area (Å²) in [6.45, 7) is 2.29. The van der Waals surface area contributed by atoms with Gasteiger partial charge in [-0.25, -0.2) is 0 Å². The Hall–Kier alpha value is -2.97. The molecule has 0 saturated carbocycles. The van der Waals surface area contributed by atoms with Crippen LogP contribution in [0.5, 0.6) is 11.5 Å². The summed E-state index contributed by atoms with van der Waals surface area (Å²) in [4.78, 5) is 15.1. The molecule has 0 unspecified atom stereocenters. The molecule has 1 amide bonds. The first-order valence-corrected chi connectivity index (χ1v) is 9.90. The Morgan fingerprint density at radius 3 is 2.72 bits per heavy atom. The molecule has 0 N–H and O–H groups in total. The fraction of sp³-hybridized carbons (Fsp3) is 0.375. The van der Waals surface area contributed by atoms with Crippen molar-refractivity contribution in [1.29, 1.82) is 0 Å². The van der Waals surface area contributed by atoms with Gasteiger partial charge in [0.15, 0.2) is 0 Å². The standard InChI is InChI=1S/C24H27NO4/c1-3-4-15-28-20-13-11-19(12-14-20)17-25(18-21-8-7-16-29-21)24(26)22-9-5-6-10-23(22)27-2/h1,5-6,9-14,21H,4,7-8,15-18H2,2H3/t21-/m0/s1. The van der Waals surface area contributed by atoms with Crippen molar-refractivity contribution in [2.24, 2.45) is 0 Å². The first kappa shape index (κ1) is 20.8. The summed E-state index contributed by atoms with van der Waals surface area (Å²) in [7, 11) is 1.58. The second-order valence-corrected chi connectivity index (χ2v) is 6.97. The zero-order valence-electron chi connectivity index (χ0n) is 16.8. The summed E-state index contributed by atoms with van der Waals surface area (Å²) >= 11 is 0. The van der Waals surface area contributed by atoms with Gasteiger partial charge in [0, 0.05) is 26.1 Å². The molecule has 1 aliphatic heterocycles. The molecule has 0 radical (unpaired) electrons. The molecule has 0 aliphatic carbocycles. The van der Waals surface area contributed by atoms with Crippen molar-refractivity contribution >= 4 is 5.91 Å². The highest BCUT2D eigenvalue weighted by Gasteiger charge is 2.25. The number of benzene rings is 2. The molecule has 0 bridgehead atoms. The highest BCUT2D eigenvalue weighted by atomic mass is 16.5. The maximum atomic E-state index is 13.3. The van der Waals surface area contributed by atoms with Crippen LogP contribution in [0.3, 0.4) is 0 Å². The molecule has 1 fully saturated rings. The third-order valence-corrected chi connectivity index (χ3v) is 4.88. The Kier molecular flexibility index (Phi) is 7.54. The van der Waals surface area contributed by atoms with Crippen LogP contribution in [0.15, 0.2) is 48.5 Å². The van der Waals surface area contributed by atoms with Gasteiger partial charge in [-0.05, 0) is 42.7 Å². The molecule has 5 heteroatoms. The molecule has 5 nitrogen and oxygen atoms in total. The van der Waals surface area contributed by atoms with E-state index in [0.717, 1.165) is 30.8 Å². The molecule has 1 aliphatic rings. The van der Waals surface area contributed by atoms with Crippen molar-refractivity contribution < 1.29 is 19.0 Å². The minimum atomic E-state index is -0.0627. The average molecular weight is 393 g/mol. The van der Waals surface area contributed by atoms with Crippen molar-refractivity contribution in [2.75, 3.05) is 26.9 Å². The molecule has 1 atom stereocenters. The van der Waals surface area contributed by atoms with E-state index in [1.54, 1.807) is 19.2 Å². The summed E-state index contributed by atoms with van der Waals surface area (Å²) in [5.74, 6) is 3.84. The van der Waals surface area contributed by atoms with Crippen LogP contribution in [-0.2, 0) is 11.3 Å². The van der Waals surface area contributed by atoms with Gasteiger partial charge in [0.05, 0.1) is 25.4 Å².